The predicted octanol–water partition coefficient (Wildman–Crippen LogP) is 4.46. The van der Waals surface area contributed by atoms with Crippen molar-refractivity contribution in [3.63, 3.8) is 0 Å². The normalized spacial score (nSPS) is 15.1. The quantitative estimate of drug-likeness (QED) is 0.708. The summed E-state index contributed by atoms with van der Waals surface area (Å²) in [6, 6.07) is 5.94. The molecule has 1 aromatic carbocycles. The maximum absolute atomic E-state index is 13.1. The molecule has 0 bridgehead atoms. The third-order valence-electron chi connectivity index (χ3n) is 5.32. The van der Waals surface area contributed by atoms with Crippen LogP contribution in [0.1, 0.15) is 59.9 Å². The van der Waals surface area contributed by atoms with Crippen LogP contribution in [0.5, 0.6) is 0 Å². The van der Waals surface area contributed by atoms with E-state index in [2.05, 4.69) is 31.4 Å². The zero-order valence-corrected chi connectivity index (χ0v) is 19.3. The summed E-state index contributed by atoms with van der Waals surface area (Å²) in [5, 5.41) is 6.12. The van der Waals surface area contributed by atoms with E-state index in [0.717, 1.165) is 29.8 Å². The molecule has 2 rings (SSSR count). The first-order valence-corrected chi connectivity index (χ1v) is 10.6. The zero-order chi connectivity index (χ0) is 21.9. The van der Waals surface area contributed by atoms with E-state index in [-0.39, 0.29) is 29.4 Å². The van der Waals surface area contributed by atoms with Crippen LogP contribution in [0.2, 0.25) is 0 Å². The Morgan fingerprint density at radius 3 is 2.24 bits per heavy atom. The van der Waals surface area contributed by atoms with Crippen molar-refractivity contribution in [3.8, 4) is 0 Å². The summed E-state index contributed by atoms with van der Waals surface area (Å²) in [4.78, 5) is 29.2. The van der Waals surface area contributed by atoms with Crippen LogP contribution in [0.3, 0.4) is 0 Å². The van der Waals surface area contributed by atoms with Crippen molar-refractivity contribution in [1.82, 2.24) is 10.2 Å². The number of benzene rings is 1. The van der Waals surface area contributed by atoms with Crippen LogP contribution in [-0.2, 0) is 11.3 Å². The summed E-state index contributed by atoms with van der Waals surface area (Å²) in [6.45, 7) is 12.8. The van der Waals surface area contributed by atoms with Gasteiger partial charge < -0.3 is 20.4 Å². The van der Waals surface area contributed by atoms with Crippen molar-refractivity contribution in [2.24, 2.45) is 11.8 Å². The molecule has 1 aromatic rings. The SMILES string of the molecule is CC(C)[C@H](C)N(Cc1cc(NC(=O)C2CC2)ccc1N(C)C)C(=O)NC(C)(C)C. The van der Waals surface area contributed by atoms with Crippen LogP contribution in [0.4, 0.5) is 16.2 Å². The largest absolute Gasteiger partial charge is 0.377 e. The maximum Gasteiger partial charge on any atom is 0.318 e. The maximum atomic E-state index is 13.1. The molecule has 29 heavy (non-hydrogen) atoms. The fourth-order valence-corrected chi connectivity index (χ4v) is 3.15. The molecule has 1 saturated carbocycles. The second kappa shape index (κ2) is 9.06. The average molecular weight is 403 g/mol. The van der Waals surface area contributed by atoms with E-state index in [1.165, 1.54) is 0 Å². The molecule has 0 aromatic heterocycles. The standard InChI is InChI=1S/C23H38N4O2/c1-15(2)16(3)27(22(29)25-23(4,5)6)14-18-13-19(11-12-20(18)26(7)8)24-21(28)17-9-10-17/h11-13,15-17H,9-10,14H2,1-8H3,(H,24,28)(H,25,29)/t16-/m0/s1. The van der Waals surface area contributed by atoms with E-state index in [4.69, 9.17) is 0 Å². The van der Waals surface area contributed by atoms with Crippen molar-refractivity contribution in [3.05, 3.63) is 23.8 Å². The number of hydrogen-bond donors (Lipinski definition) is 2. The number of anilines is 2. The molecule has 1 aliphatic carbocycles. The minimum absolute atomic E-state index is 0.0667. The highest BCUT2D eigenvalue weighted by Gasteiger charge is 2.30. The molecule has 1 aliphatic rings. The Kier molecular flexibility index (Phi) is 7.20. The van der Waals surface area contributed by atoms with E-state index in [9.17, 15) is 9.59 Å². The fraction of sp³-hybridized carbons (Fsp3) is 0.652. The second-order valence-corrected chi connectivity index (χ2v) is 9.79. The number of rotatable bonds is 7. The number of urea groups is 1. The van der Waals surface area contributed by atoms with Gasteiger partial charge in [-0.2, -0.15) is 0 Å². The van der Waals surface area contributed by atoms with Gasteiger partial charge in [0.2, 0.25) is 5.91 Å². The number of carbonyl (C=O) groups excluding carboxylic acids is 2. The lowest BCUT2D eigenvalue weighted by molar-refractivity contribution is -0.117. The molecule has 6 heteroatoms. The first-order valence-electron chi connectivity index (χ1n) is 10.6. The number of hydrogen-bond acceptors (Lipinski definition) is 3. The Morgan fingerprint density at radius 1 is 1.14 bits per heavy atom. The first-order chi connectivity index (χ1) is 13.4. The van der Waals surface area contributed by atoms with Crippen molar-refractivity contribution < 1.29 is 9.59 Å². The van der Waals surface area contributed by atoms with Gasteiger partial charge in [-0.25, -0.2) is 4.79 Å². The molecule has 0 spiro atoms. The van der Waals surface area contributed by atoms with Gasteiger partial charge in [0.25, 0.3) is 0 Å². The van der Waals surface area contributed by atoms with E-state index in [0.29, 0.717) is 12.5 Å². The predicted molar refractivity (Wildman–Crippen MR) is 120 cm³/mol. The average Bonchev–Trinajstić information content (AvgIpc) is 3.42. The van der Waals surface area contributed by atoms with Crippen molar-refractivity contribution in [1.29, 1.82) is 0 Å². The molecule has 0 heterocycles. The molecule has 162 valence electrons. The zero-order valence-electron chi connectivity index (χ0n) is 19.3. The van der Waals surface area contributed by atoms with E-state index >= 15 is 0 Å². The van der Waals surface area contributed by atoms with Crippen LogP contribution in [-0.4, -0.2) is 42.5 Å². The molecule has 1 atom stereocenters. The fourth-order valence-electron chi connectivity index (χ4n) is 3.15. The minimum atomic E-state index is -0.309. The van der Waals surface area contributed by atoms with E-state index < -0.39 is 0 Å². The summed E-state index contributed by atoms with van der Waals surface area (Å²) in [5.74, 6) is 0.565. The third-order valence-corrected chi connectivity index (χ3v) is 5.32. The Bertz CT molecular complexity index is 733. The van der Waals surface area contributed by atoms with Crippen LogP contribution in [0.15, 0.2) is 18.2 Å². The van der Waals surface area contributed by atoms with Gasteiger partial charge in [0, 0.05) is 49.5 Å². The van der Waals surface area contributed by atoms with Crippen molar-refractivity contribution >= 4 is 23.3 Å². The number of nitrogens with zero attached hydrogens (tertiary/aromatic N) is 2. The van der Waals surface area contributed by atoms with Gasteiger partial charge in [-0.05, 0) is 70.2 Å². The summed E-state index contributed by atoms with van der Waals surface area (Å²) in [5.41, 5.74) is 2.53. The van der Waals surface area contributed by atoms with Crippen LogP contribution in [0, 0.1) is 11.8 Å². The third kappa shape index (κ3) is 6.65. The van der Waals surface area contributed by atoms with Crippen LogP contribution in [0.25, 0.3) is 0 Å². The van der Waals surface area contributed by atoms with Gasteiger partial charge in [0.05, 0.1) is 0 Å². The number of nitrogens with one attached hydrogen (secondary N) is 2. The highest BCUT2D eigenvalue weighted by molar-refractivity contribution is 5.94. The van der Waals surface area contributed by atoms with Crippen molar-refractivity contribution in [2.45, 2.75) is 72.5 Å². The number of carbonyl (C=O) groups is 2. The van der Waals surface area contributed by atoms with Gasteiger partial charge >= 0.3 is 6.03 Å². The monoisotopic (exact) mass is 402 g/mol. The van der Waals surface area contributed by atoms with Crippen LogP contribution < -0.4 is 15.5 Å². The Morgan fingerprint density at radius 2 is 1.76 bits per heavy atom. The molecular formula is C23H38N4O2. The minimum Gasteiger partial charge on any atom is -0.377 e. The Labute approximate surface area is 176 Å². The molecule has 0 saturated heterocycles. The van der Waals surface area contributed by atoms with Gasteiger partial charge in [-0.15, -0.1) is 0 Å². The Hall–Kier alpha value is -2.24. The van der Waals surface area contributed by atoms with Gasteiger partial charge in [-0.1, -0.05) is 13.8 Å². The van der Waals surface area contributed by atoms with Gasteiger partial charge in [-0.3, -0.25) is 4.79 Å². The second-order valence-electron chi connectivity index (χ2n) is 9.79. The molecular weight excluding hydrogens is 364 g/mol. The molecule has 6 nitrogen and oxygen atoms in total. The molecule has 0 unspecified atom stereocenters. The van der Waals surface area contributed by atoms with Gasteiger partial charge in [0.1, 0.15) is 0 Å². The topological polar surface area (TPSA) is 64.7 Å². The lowest BCUT2D eigenvalue weighted by atomic mass is 10.0. The molecule has 0 radical (unpaired) electrons. The number of amides is 3. The smallest absolute Gasteiger partial charge is 0.318 e. The molecule has 2 N–H and O–H groups in total. The summed E-state index contributed by atoms with van der Waals surface area (Å²) in [7, 11) is 3.99. The highest BCUT2D eigenvalue weighted by atomic mass is 16.2. The lowest BCUT2D eigenvalue weighted by Crippen LogP contribution is -2.52. The Balaban J connectivity index is 2.33. The molecule has 0 aliphatic heterocycles. The summed E-state index contributed by atoms with van der Waals surface area (Å²) < 4.78 is 0. The summed E-state index contributed by atoms with van der Waals surface area (Å²) in [6.07, 6.45) is 1.95. The van der Waals surface area contributed by atoms with Crippen LogP contribution >= 0.6 is 0 Å². The molecule has 3 amide bonds. The van der Waals surface area contributed by atoms with E-state index in [1.807, 2.05) is 62.9 Å². The summed E-state index contributed by atoms with van der Waals surface area (Å²) >= 11 is 0. The van der Waals surface area contributed by atoms with Crippen molar-refractivity contribution in [2.75, 3.05) is 24.3 Å². The van der Waals surface area contributed by atoms with E-state index in [1.54, 1.807) is 0 Å². The van der Waals surface area contributed by atoms with Gasteiger partial charge in [0.15, 0.2) is 0 Å². The first kappa shape index (κ1) is 23.0. The lowest BCUT2D eigenvalue weighted by Gasteiger charge is -2.35. The molecule has 1 fully saturated rings. The highest BCUT2D eigenvalue weighted by Crippen LogP contribution is 2.31.